The van der Waals surface area contributed by atoms with Gasteiger partial charge in [0.05, 0.1) is 23.4 Å². The summed E-state index contributed by atoms with van der Waals surface area (Å²) in [5.74, 6) is 0. The van der Waals surface area contributed by atoms with Crippen LogP contribution in [0.5, 0.6) is 0 Å². The molecule has 0 bridgehead atoms. The van der Waals surface area contributed by atoms with Gasteiger partial charge in [-0.05, 0) is 31.5 Å². The number of rotatable bonds is 3. The summed E-state index contributed by atoms with van der Waals surface area (Å²) in [5, 5.41) is 8.77. The molecule has 1 aromatic rings. The average Bonchev–Trinajstić information content (AvgIpc) is 2.14. The van der Waals surface area contributed by atoms with Gasteiger partial charge in [-0.3, -0.25) is 0 Å². The lowest BCUT2D eigenvalue weighted by Gasteiger charge is -2.25. The van der Waals surface area contributed by atoms with E-state index in [1.807, 2.05) is 6.07 Å². The summed E-state index contributed by atoms with van der Waals surface area (Å²) in [6, 6.07) is 8.91. The van der Waals surface area contributed by atoms with Crippen LogP contribution in [0.3, 0.4) is 0 Å². The molecule has 0 aliphatic rings. The molecule has 0 unspecified atom stereocenters. The van der Waals surface area contributed by atoms with Crippen molar-refractivity contribution in [2.45, 2.75) is 19.4 Å². The van der Waals surface area contributed by atoms with Crippen molar-refractivity contribution in [3.8, 4) is 6.07 Å². The first-order valence-electron chi connectivity index (χ1n) is 4.74. The monoisotopic (exact) mass is 238 g/mol. The van der Waals surface area contributed by atoms with Crippen molar-refractivity contribution < 1.29 is 8.42 Å². The van der Waals surface area contributed by atoms with E-state index in [-0.39, 0.29) is 0 Å². The molecule has 0 saturated carbocycles. The number of hydrogen-bond acceptors (Lipinski definition) is 3. The van der Waals surface area contributed by atoms with Gasteiger partial charge in [0.1, 0.15) is 0 Å². The van der Waals surface area contributed by atoms with Gasteiger partial charge in [-0.25, -0.2) is 13.1 Å². The second kappa shape index (κ2) is 4.24. The van der Waals surface area contributed by atoms with Crippen LogP contribution in [0.15, 0.2) is 24.3 Å². The van der Waals surface area contributed by atoms with E-state index in [1.165, 1.54) is 0 Å². The molecule has 0 aromatic heterocycles. The molecule has 0 saturated heterocycles. The summed E-state index contributed by atoms with van der Waals surface area (Å²) in [7, 11) is -3.28. The van der Waals surface area contributed by atoms with Crippen LogP contribution in [0.4, 0.5) is 0 Å². The van der Waals surface area contributed by atoms with Gasteiger partial charge in [0, 0.05) is 0 Å². The lowest BCUT2D eigenvalue weighted by Crippen LogP contribution is -2.40. The summed E-state index contributed by atoms with van der Waals surface area (Å²) in [4.78, 5) is 0. The highest BCUT2D eigenvalue weighted by atomic mass is 32.2. The zero-order chi connectivity index (χ0) is 12.4. The Morgan fingerprint density at radius 2 is 2.00 bits per heavy atom. The molecular weight excluding hydrogens is 224 g/mol. The van der Waals surface area contributed by atoms with Gasteiger partial charge in [-0.15, -0.1) is 0 Å². The molecule has 0 spiro atoms. The Hall–Kier alpha value is -1.38. The number of sulfonamides is 1. The third-order valence-electron chi connectivity index (χ3n) is 2.15. The van der Waals surface area contributed by atoms with Crippen LogP contribution in [-0.4, -0.2) is 14.7 Å². The van der Waals surface area contributed by atoms with Crippen molar-refractivity contribution in [1.82, 2.24) is 4.72 Å². The fourth-order valence-corrected chi connectivity index (χ4v) is 2.54. The minimum Gasteiger partial charge on any atom is -0.213 e. The maximum Gasteiger partial charge on any atom is 0.209 e. The standard InChI is InChI=1S/C11H14N2O2S/c1-11(2,13-16(3,14)15)10-6-4-5-9(7-10)8-12/h4-7,13H,1-3H3. The van der Waals surface area contributed by atoms with Crippen molar-refractivity contribution in [1.29, 1.82) is 5.26 Å². The van der Waals surface area contributed by atoms with Gasteiger partial charge < -0.3 is 0 Å². The third-order valence-corrected chi connectivity index (χ3v) is 3.04. The smallest absolute Gasteiger partial charge is 0.209 e. The Morgan fingerprint density at radius 3 is 2.50 bits per heavy atom. The summed E-state index contributed by atoms with van der Waals surface area (Å²) in [6.45, 7) is 3.51. The molecule has 4 nitrogen and oxygen atoms in total. The van der Waals surface area contributed by atoms with E-state index in [4.69, 9.17) is 5.26 Å². The molecule has 0 aliphatic heterocycles. The maximum atomic E-state index is 11.2. The van der Waals surface area contributed by atoms with Gasteiger partial charge in [0.2, 0.25) is 10.0 Å². The number of hydrogen-bond donors (Lipinski definition) is 1. The lowest BCUT2D eigenvalue weighted by molar-refractivity contribution is 0.475. The number of benzene rings is 1. The predicted molar refractivity (Wildman–Crippen MR) is 62.2 cm³/mol. The van der Waals surface area contributed by atoms with E-state index in [0.717, 1.165) is 11.8 Å². The molecule has 1 rings (SSSR count). The van der Waals surface area contributed by atoms with Crippen molar-refractivity contribution in [3.63, 3.8) is 0 Å². The van der Waals surface area contributed by atoms with Crippen molar-refractivity contribution in [3.05, 3.63) is 35.4 Å². The quantitative estimate of drug-likeness (QED) is 0.864. The van der Waals surface area contributed by atoms with Gasteiger partial charge >= 0.3 is 0 Å². The van der Waals surface area contributed by atoms with E-state index in [2.05, 4.69) is 4.72 Å². The molecule has 0 atom stereocenters. The molecule has 16 heavy (non-hydrogen) atoms. The van der Waals surface area contributed by atoms with Gasteiger partial charge in [-0.1, -0.05) is 12.1 Å². The SMILES string of the molecule is CC(C)(NS(C)(=O)=O)c1cccc(C#N)c1. The van der Waals surface area contributed by atoms with E-state index in [9.17, 15) is 8.42 Å². The van der Waals surface area contributed by atoms with Gasteiger partial charge in [-0.2, -0.15) is 5.26 Å². The van der Waals surface area contributed by atoms with Crippen LogP contribution in [0.1, 0.15) is 25.0 Å². The van der Waals surface area contributed by atoms with Crippen LogP contribution in [0.2, 0.25) is 0 Å². The topological polar surface area (TPSA) is 70.0 Å². The molecule has 0 heterocycles. The summed E-state index contributed by atoms with van der Waals surface area (Å²) >= 11 is 0. The number of nitriles is 1. The molecule has 1 N–H and O–H groups in total. The van der Waals surface area contributed by atoms with Crippen molar-refractivity contribution in [2.75, 3.05) is 6.26 Å². The molecule has 0 aliphatic carbocycles. The Kier molecular flexibility index (Phi) is 3.36. The van der Waals surface area contributed by atoms with E-state index in [0.29, 0.717) is 5.56 Å². The van der Waals surface area contributed by atoms with Crippen LogP contribution < -0.4 is 4.72 Å². The fraction of sp³-hybridized carbons (Fsp3) is 0.364. The Bertz CT molecular complexity index is 527. The Labute approximate surface area is 96.0 Å². The van der Waals surface area contributed by atoms with Gasteiger partial charge in [0.25, 0.3) is 0 Å². The summed E-state index contributed by atoms with van der Waals surface area (Å²) in [6.07, 6.45) is 1.11. The van der Waals surface area contributed by atoms with E-state index in [1.54, 1.807) is 38.1 Å². The van der Waals surface area contributed by atoms with Crippen LogP contribution in [-0.2, 0) is 15.6 Å². The number of nitrogens with zero attached hydrogens (tertiary/aromatic N) is 1. The number of nitrogens with one attached hydrogen (secondary N) is 1. The molecule has 1 aromatic carbocycles. The second-order valence-corrected chi connectivity index (χ2v) is 5.94. The molecule has 0 amide bonds. The molecule has 0 fully saturated rings. The molecular formula is C11H14N2O2S. The van der Waals surface area contributed by atoms with E-state index < -0.39 is 15.6 Å². The van der Waals surface area contributed by atoms with Crippen LogP contribution in [0.25, 0.3) is 0 Å². The van der Waals surface area contributed by atoms with Crippen LogP contribution in [0, 0.1) is 11.3 Å². The summed E-state index contributed by atoms with van der Waals surface area (Å²) < 4.78 is 24.9. The zero-order valence-corrected chi connectivity index (χ0v) is 10.3. The first-order valence-corrected chi connectivity index (χ1v) is 6.63. The first kappa shape index (κ1) is 12.7. The fourth-order valence-electron chi connectivity index (χ4n) is 1.50. The average molecular weight is 238 g/mol. The predicted octanol–water partition coefficient (Wildman–Crippen LogP) is 1.34. The second-order valence-electron chi connectivity index (χ2n) is 4.19. The molecule has 0 radical (unpaired) electrons. The third kappa shape index (κ3) is 3.33. The minimum absolute atomic E-state index is 0.515. The highest BCUT2D eigenvalue weighted by Gasteiger charge is 2.24. The highest BCUT2D eigenvalue weighted by Crippen LogP contribution is 2.21. The van der Waals surface area contributed by atoms with Crippen LogP contribution >= 0.6 is 0 Å². The minimum atomic E-state index is -3.28. The molecule has 5 heteroatoms. The zero-order valence-electron chi connectivity index (χ0n) is 9.48. The highest BCUT2D eigenvalue weighted by molar-refractivity contribution is 7.88. The normalized spacial score (nSPS) is 12.1. The molecule has 86 valence electrons. The largest absolute Gasteiger partial charge is 0.213 e. The van der Waals surface area contributed by atoms with Crippen molar-refractivity contribution >= 4 is 10.0 Å². The first-order chi connectivity index (χ1) is 7.24. The van der Waals surface area contributed by atoms with Crippen molar-refractivity contribution in [2.24, 2.45) is 0 Å². The Balaban J connectivity index is 3.12. The lowest BCUT2D eigenvalue weighted by atomic mass is 9.94. The Morgan fingerprint density at radius 1 is 1.38 bits per heavy atom. The van der Waals surface area contributed by atoms with E-state index >= 15 is 0 Å². The van der Waals surface area contributed by atoms with Gasteiger partial charge in [0.15, 0.2) is 0 Å². The summed E-state index contributed by atoms with van der Waals surface area (Å²) in [5.41, 5.74) is 0.554. The maximum absolute atomic E-state index is 11.2.